The summed E-state index contributed by atoms with van der Waals surface area (Å²) < 4.78 is 41.4. The highest BCUT2D eigenvalue weighted by Crippen LogP contribution is 2.31. The third kappa shape index (κ3) is 4.95. The minimum atomic E-state index is -4.67. The van der Waals surface area contributed by atoms with Gasteiger partial charge in [-0.2, -0.15) is 13.2 Å². The fourth-order valence-corrected chi connectivity index (χ4v) is 1.66. The summed E-state index contributed by atoms with van der Waals surface area (Å²) in [6, 6.07) is 8.47. The number of hydrogen-bond acceptors (Lipinski definition) is 3. The minimum absolute atomic E-state index is 0.626. The van der Waals surface area contributed by atoms with Crippen LogP contribution in [0.4, 0.5) is 13.2 Å². The van der Waals surface area contributed by atoms with Crippen LogP contribution in [-0.2, 0) is 9.53 Å². The number of hydrogen-bond donors (Lipinski definition) is 0. The van der Waals surface area contributed by atoms with E-state index in [1.807, 2.05) is 0 Å². The number of rotatable bonds is 3. The zero-order valence-corrected chi connectivity index (χ0v) is 9.64. The number of benzene rings is 1. The molecule has 0 aliphatic heterocycles. The Balaban J connectivity index is 2.80. The number of esters is 1. The van der Waals surface area contributed by atoms with Gasteiger partial charge < -0.3 is 4.74 Å². The highest BCUT2D eigenvalue weighted by atomic mass is 32.2. The molecule has 0 N–H and O–H groups in total. The molecule has 1 aromatic carbocycles. The van der Waals surface area contributed by atoms with Crippen LogP contribution in [0, 0.1) is 0 Å². The second-order valence-corrected chi connectivity index (χ2v) is 3.95. The zero-order chi connectivity index (χ0) is 12.9. The van der Waals surface area contributed by atoms with Crippen molar-refractivity contribution in [3.63, 3.8) is 0 Å². The van der Waals surface area contributed by atoms with Crippen molar-refractivity contribution in [1.29, 1.82) is 0 Å². The fraction of sp³-hybridized carbons (Fsp3) is 0.182. The second-order valence-electron chi connectivity index (χ2n) is 3.00. The first-order valence-electron chi connectivity index (χ1n) is 4.57. The molecule has 0 saturated carbocycles. The van der Waals surface area contributed by atoms with Gasteiger partial charge in [-0.25, -0.2) is 0 Å². The van der Waals surface area contributed by atoms with Crippen molar-refractivity contribution in [3.05, 3.63) is 41.5 Å². The Kier molecular flexibility index (Phi) is 4.62. The Labute approximate surface area is 100 Å². The number of carbonyl (C=O) groups is 1. The van der Waals surface area contributed by atoms with Gasteiger partial charge in [0.2, 0.25) is 5.76 Å². The summed E-state index contributed by atoms with van der Waals surface area (Å²) in [7, 11) is 0. The van der Waals surface area contributed by atoms with E-state index in [0.717, 1.165) is 24.1 Å². The van der Waals surface area contributed by atoms with Gasteiger partial charge in [-0.1, -0.05) is 30.0 Å². The van der Waals surface area contributed by atoms with E-state index < -0.39 is 17.9 Å². The van der Waals surface area contributed by atoms with Gasteiger partial charge in [-0.05, 0) is 12.1 Å². The zero-order valence-electron chi connectivity index (χ0n) is 8.82. The highest BCUT2D eigenvalue weighted by molar-refractivity contribution is 8.02. The van der Waals surface area contributed by atoms with Crippen molar-refractivity contribution >= 4 is 17.7 Å². The number of thioether (sulfide) groups is 1. The number of allylic oxidation sites excluding steroid dienone is 1. The summed E-state index contributed by atoms with van der Waals surface area (Å²) in [5, 5.41) is 0.775. The predicted molar refractivity (Wildman–Crippen MR) is 58.2 cm³/mol. The van der Waals surface area contributed by atoms with E-state index in [0.29, 0.717) is 4.90 Å². The normalized spacial score (nSPS) is 12.4. The van der Waals surface area contributed by atoms with Crippen LogP contribution in [0.5, 0.6) is 0 Å². The first-order chi connectivity index (χ1) is 7.89. The Morgan fingerprint density at radius 3 is 2.35 bits per heavy atom. The molecule has 0 aromatic heterocycles. The van der Waals surface area contributed by atoms with Gasteiger partial charge in [-0.3, -0.25) is 4.79 Å². The lowest BCUT2D eigenvalue weighted by atomic mass is 10.4. The summed E-state index contributed by atoms with van der Waals surface area (Å²) in [6.07, 6.45) is -4.67. The standard InChI is InChI=1S/C11H9F3O2S/c1-8(15)16-10(11(12,13)14)7-17-9-5-3-2-4-6-9/h2-7H,1H3. The summed E-state index contributed by atoms with van der Waals surface area (Å²) in [4.78, 5) is 11.2. The molecule has 2 nitrogen and oxygen atoms in total. The van der Waals surface area contributed by atoms with Crippen LogP contribution in [0.2, 0.25) is 0 Å². The summed E-state index contributed by atoms with van der Waals surface area (Å²) >= 11 is 0.838. The quantitative estimate of drug-likeness (QED) is 0.471. The Hall–Kier alpha value is -1.43. The molecule has 0 saturated heterocycles. The van der Waals surface area contributed by atoms with Gasteiger partial charge in [0, 0.05) is 17.2 Å². The lowest BCUT2D eigenvalue weighted by molar-refractivity contribution is -0.158. The molecule has 0 radical (unpaired) electrons. The maximum absolute atomic E-state index is 12.4. The van der Waals surface area contributed by atoms with E-state index in [9.17, 15) is 18.0 Å². The molecule has 17 heavy (non-hydrogen) atoms. The molecule has 0 amide bonds. The van der Waals surface area contributed by atoms with Gasteiger partial charge in [0.15, 0.2) is 0 Å². The Bertz CT molecular complexity index is 412. The molecule has 6 heteroatoms. The van der Waals surface area contributed by atoms with Crippen molar-refractivity contribution in [1.82, 2.24) is 0 Å². The summed E-state index contributed by atoms with van der Waals surface area (Å²) in [5.41, 5.74) is 0. The third-order valence-corrected chi connectivity index (χ3v) is 2.45. The van der Waals surface area contributed by atoms with E-state index in [1.165, 1.54) is 0 Å². The molecule has 0 aliphatic carbocycles. The molecule has 0 unspecified atom stereocenters. The van der Waals surface area contributed by atoms with Gasteiger partial charge >= 0.3 is 12.1 Å². The molecule has 0 atom stereocenters. The van der Waals surface area contributed by atoms with Gasteiger partial charge in [0.1, 0.15) is 0 Å². The second kappa shape index (κ2) is 5.77. The molecule has 0 fully saturated rings. The van der Waals surface area contributed by atoms with Crippen molar-refractivity contribution in [2.24, 2.45) is 0 Å². The van der Waals surface area contributed by atoms with Gasteiger partial charge in [-0.15, -0.1) is 0 Å². The lowest BCUT2D eigenvalue weighted by Crippen LogP contribution is -2.16. The van der Waals surface area contributed by atoms with Crippen LogP contribution in [0.3, 0.4) is 0 Å². The molecule has 92 valence electrons. The van der Waals surface area contributed by atoms with E-state index in [2.05, 4.69) is 4.74 Å². The van der Waals surface area contributed by atoms with Crippen molar-refractivity contribution in [3.8, 4) is 0 Å². The molecular formula is C11H9F3O2S. The Morgan fingerprint density at radius 2 is 1.88 bits per heavy atom. The van der Waals surface area contributed by atoms with E-state index in [-0.39, 0.29) is 0 Å². The van der Waals surface area contributed by atoms with Crippen LogP contribution in [0.1, 0.15) is 6.92 Å². The number of carbonyl (C=O) groups excluding carboxylic acids is 1. The Morgan fingerprint density at radius 1 is 1.29 bits per heavy atom. The first kappa shape index (κ1) is 13.6. The van der Waals surface area contributed by atoms with E-state index in [1.54, 1.807) is 30.3 Å². The average Bonchev–Trinajstić information content (AvgIpc) is 2.23. The summed E-state index contributed by atoms with van der Waals surface area (Å²) in [6.45, 7) is 0.923. The number of halogens is 3. The first-order valence-corrected chi connectivity index (χ1v) is 5.45. The monoisotopic (exact) mass is 262 g/mol. The van der Waals surface area contributed by atoms with Crippen LogP contribution < -0.4 is 0 Å². The largest absolute Gasteiger partial charge is 0.450 e. The molecule has 0 bridgehead atoms. The fourth-order valence-electron chi connectivity index (χ4n) is 0.924. The number of alkyl halides is 3. The highest BCUT2D eigenvalue weighted by Gasteiger charge is 2.37. The smallest absolute Gasteiger partial charge is 0.421 e. The molecule has 1 aromatic rings. The molecule has 0 spiro atoms. The van der Waals surface area contributed by atoms with Crippen molar-refractivity contribution in [2.75, 3.05) is 0 Å². The van der Waals surface area contributed by atoms with Crippen LogP contribution in [-0.4, -0.2) is 12.1 Å². The number of ether oxygens (including phenoxy) is 1. The molecule has 0 aliphatic rings. The third-order valence-electron chi connectivity index (χ3n) is 1.58. The van der Waals surface area contributed by atoms with Crippen LogP contribution >= 0.6 is 11.8 Å². The summed E-state index contributed by atoms with van der Waals surface area (Å²) in [5.74, 6) is -2.30. The maximum atomic E-state index is 12.4. The van der Waals surface area contributed by atoms with Crippen LogP contribution in [0.25, 0.3) is 0 Å². The molecule has 0 heterocycles. The average molecular weight is 262 g/mol. The minimum Gasteiger partial charge on any atom is -0.421 e. The van der Waals surface area contributed by atoms with E-state index in [4.69, 9.17) is 0 Å². The topological polar surface area (TPSA) is 26.3 Å². The van der Waals surface area contributed by atoms with Gasteiger partial charge in [0.05, 0.1) is 0 Å². The molecular weight excluding hydrogens is 253 g/mol. The maximum Gasteiger partial charge on any atom is 0.450 e. The molecule has 1 rings (SSSR count). The predicted octanol–water partition coefficient (Wildman–Crippen LogP) is 3.75. The lowest BCUT2D eigenvalue weighted by Gasteiger charge is -2.10. The SMILES string of the molecule is CC(=O)OC(=CSc1ccccc1)C(F)(F)F. The van der Waals surface area contributed by atoms with Crippen molar-refractivity contribution < 1.29 is 22.7 Å². The van der Waals surface area contributed by atoms with Gasteiger partial charge in [0.25, 0.3) is 0 Å². The van der Waals surface area contributed by atoms with E-state index >= 15 is 0 Å². The van der Waals surface area contributed by atoms with Crippen LogP contribution in [0.15, 0.2) is 46.4 Å². The van der Waals surface area contributed by atoms with Crippen molar-refractivity contribution in [2.45, 2.75) is 18.0 Å².